The molecule has 0 fully saturated rings. The van der Waals surface area contributed by atoms with Gasteiger partial charge in [0.15, 0.2) is 0 Å². The molecule has 0 unspecified atom stereocenters. The minimum Gasteiger partial charge on any atom is -0.496 e. The van der Waals surface area contributed by atoms with Gasteiger partial charge in [-0.15, -0.1) is 0 Å². The van der Waals surface area contributed by atoms with Crippen LogP contribution in [-0.2, 0) is 14.8 Å². The first-order valence-electron chi connectivity index (χ1n) is 9.93. The molecule has 0 atom stereocenters. The van der Waals surface area contributed by atoms with E-state index in [0.717, 1.165) is 15.4 Å². The Labute approximate surface area is 188 Å². The summed E-state index contributed by atoms with van der Waals surface area (Å²) < 4.78 is 33.1. The number of sulfonamides is 1. The maximum atomic E-state index is 13.4. The number of carbonyl (C=O) groups excluding carboxylic acids is 1. The average molecular weight is 452 g/mol. The van der Waals surface area contributed by atoms with E-state index in [-0.39, 0.29) is 4.90 Å². The van der Waals surface area contributed by atoms with Crippen molar-refractivity contribution in [2.24, 2.45) is 5.10 Å². The molecule has 0 saturated carbocycles. The van der Waals surface area contributed by atoms with Crippen LogP contribution in [0.5, 0.6) is 5.75 Å². The monoisotopic (exact) mass is 451 g/mol. The van der Waals surface area contributed by atoms with Crippen molar-refractivity contribution in [3.05, 3.63) is 89.5 Å². The van der Waals surface area contributed by atoms with E-state index in [1.54, 1.807) is 43.5 Å². The van der Waals surface area contributed by atoms with E-state index in [1.165, 1.54) is 18.3 Å². The van der Waals surface area contributed by atoms with Crippen LogP contribution in [0.4, 0.5) is 5.69 Å². The van der Waals surface area contributed by atoms with E-state index < -0.39 is 22.5 Å². The number of methoxy groups -OCH3 is 1. The van der Waals surface area contributed by atoms with Crippen LogP contribution in [0.1, 0.15) is 16.7 Å². The number of anilines is 1. The predicted molar refractivity (Wildman–Crippen MR) is 126 cm³/mol. The van der Waals surface area contributed by atoms with Gasteiger partial charge in [-0.25, -0.2) is 13.8 Å². The van der Waals surface area contributed by atoms with Crippen molar-refractivity contribution < 1.29 is 17.9 Å². The summed E-state index contributed by atoms with van der Waals surface area (Å²) in [7, 11) is -2.43. The molecule has 32 heavy (non-hydrogen) atoms. The molecule has 0 spiro atoms. The quantitative estimate of drug-likeness (QED) is 0.418. The van der Waals surface area contributed by atoms with Crippen molar-refractivity contribution in [3.8, 4) is 5.75 Å². The number of nitrogens with zero attached hydrogens (tertiary/aromatic N) is 2. The number of hydrazone groups is 1. The van der Waals surface area contributed by atoms with E-state index in [4.69, 9.17) is 4.74 Å². The van der Waals surface area contributed by atoms with Crippen LogP contribution in [0.3, 0.4) is 0 Å². The Morgan fingerprint density at radius 3 is 2.41 bits per heavy atom. The van der Waals surface area contributed by atoms with Gasteiger partial charge in [-0.1, -0.05) is 48.0 Å². The number of benzene rings is 3. The SMILES string of the molecule is COc1ccccc1/C=N\NC(=O)CN(c1ccc(C)cc1C)S(=O)(=O)c1ccccc1. The molecule has 166 valence electrons. The van der Waals surface area contributed by atoms with Crippen molar-refractivity contribution >= 4 is 27.8 Å². The molecule has 0 saturated heterocycles. The number of hydrogen-bond acceptors (Lipinski definition) is 5. The minimum absolute atomic E-state index is 0.102. The molecule has 1 amide bonds. The number of ether oxygens (including phenoxy) is 1. The zero-order valence-corrected chi connectivity index (χ0v) is 19.0. The Balaban J connectivity index is 1.87. The summed E-state index contributed by atoms with van der Waals surface area (Å²) in [6, 6.07) is 20.6. The lowest BCUT2D eigenvalue weighted by Gasteiger charge is -2.25. The fourth-order valence-corrected chi connectivity index (χ4v) is 4.72. The van der Waals surface area contributed by atoms with Crippen LogP contribution in [-0.4, -0.2) is 34.2 Å². The summed E-state index contributed by atoms with van der Waals surface area (Å²) >= 11 is 0. The van der Waals surface area contributed by atoms with Crippen LogP contribution in [0.2, 0.25) is 0 Å². The molecule has 3 rings (SSSR count). The highest BCUT2D eigenvalue weighted by molar-refractivity contribution is 7.92. The topological polar surface area (TPSA) is 88.1 Å². The number of nitrogens with one attached hydrogen (secondary N) is 1. The standard InChI is InChI=1S/C24H25N3O4S/c1-18-13-14-22(19(2)15-18)27(32(29,30)21-10-5-4-6-11-21)17-24(28)26-25-16-20-9-7-8-12-23(20)31-3/h4-16H,17H2,1-3H3,(H,26,28)/b25-16-. The Bertz CT molecular complexity index is 1230. The summed E-state index contributed by atoms with van der Waals surface area (Å²) in [6.07, 6.45) is 1.45. The maximum absolute atomic E-state index is 13.4. The second kappa shape index (κ2) is 10.1. The molecular formula is C24H25N3O4S. The van der Waals surface area contributed by atoms with Crippen LogP contribution in [0.25, 0.3) is 0 Å². The molecule has 7 nitrogen and oxygen atoms in total. The third-order valence-corrected chi connectivity index (χ3v) is 6.55. The lowest BCUT2D eigenvalue weighted by atomic mass is 10.1. The molecule has 0 heterocycles. The van der Waals surface area contributed by atoms with Crippen LogP contribution < -0.4 is 14.5 Å². The second-order valence-electron chi connectivity index (χ2n) is 7.15. The van der Waals surface area contributed by atoms with Gasteiger partial charge in [-0.3, -0.25) is 9.10 Å². The van der Waals surface area contributed by atoms with Gasteiger partial charge >= 0.3 is 0 Å². The van der Waals surface area contributed by atoms with Gasteiger partial charge in [0, 0.05) is 5.56 Å². The molecule has 1 N–H and O–H groups in total. The Kier molecular flexibility index (Phi) is 7.27. The van der Waals surface area contributed by atoms with E-state index >= 15 is 0 Å². The zero-order valence-electron chi connectivity index (χ0n) is 18.1. The molecule has 0 bridgehead atoms. The van der Waals surface area contributed by atoms with Gasteiger partial charge in [-0.05, 0) is 49.7 Å². The summed E-state index contributed by atoms with van der Waals surface area (Å²) in [5.74, 6) is 0.0321. The van der Waals surface area contributed by atoms with Crippen LogP contribution in [0, 0.1) is 13.8 Å². The highest BCUT2D eigenvalue weighted by atomic mass is 32.2. The first kappa shape index (κ1) is 23.0. The van der Waals surface area contributed by atoms with Crippen molar-refractivity contribution in [2.45, 2.75) is 18.7 Å². The number of para-hydroxylation sites is 1. The molecule has 3 aromatic rings. The van der Waals surface area contributed by atoms with Gasteiger partial charge in [0.1, 0.15) is 12.3 Å². The molecule has 8 heteroatoms. The highest BCUT2D eigenvalue weighted by Crippen LogP contribution is 2.27. The van der Waals surface area contributed by atoms with Gasteiger partial charge < -0.3 is 4.74 Å². The highest BCUT2D eigenvalue weighted by Gasteiger charge is 2.28. The summed E-state index contributed by atoms with van der Waals surface area (Å²) in [4.78, 5) is 12.8. The number of carbonyl (C=O) groups is 1. The number of rotatable bonds is 8. The van der Waals surface area contributed by atoms with Crippen LogP contribution in [0.15, 0.2) is 82.8 Å². The summed E-state index contributed by atoms with van der Waals surface area (Å²) in [6.45, 7) is 3.31. The average Bonchev–Trinajstić information content (AvgIpc) is 2.79. The van der Waals surface area contributed by atoms with E-state index in [9.17, 15) is 13.2 Å². The lowest BCUT2D eigenvalue weighted by molar-refractivity contribution is -0.119. The van der Waals surface area contributed by atoms with Gasteiger partial charge in [-0.2, -0.15) is 5.10 Å². The van der Waals surface area contributed by atoms with E-state index in [2.05, 4.69) is 10.5 Å². The largest absolute Gasteiger partial charge is 0.496 e. The molecule has 3 aromatic carbocycles. The van der Waals surface area contributed by atoms with Gasteiger partial charge in [0.2, 0.25) is 0 Å². The van der Waals surface area contributed by atoms with E-state index in [1.807, 2.05) is 38.1 Å². The lowest BCUT2D eigenvalue weighted by Crippen LogP contribution is -2.40. The maximum Gasteiger partial charge on any atom is 0.264 e. The van der Waals surface area contributed by atoms with Gasteiger partial charge in [0.25, 0.3) is 15.9 Å². The third kappa shape index (κ3) is 5.33. The van der Waals surface area contributed by atoms with Crippen molar-refractivity contribution in [1.82, 2.24) is 5.43 Å². The number of hydrogen-bond donors (Lipinski definition) is 1. The first-order chi connectivity index (χ1) is 15.3. The number of amides is 1. The van der Waals surface area contributed by atoms with E-state index in [0.29, 0.717) is 17.0 Å². The third-order valence-electron chi connectivity index (χ3n) is 4.77. The number of aryl methyl sites for hydroxylation is 2. The Morgan fingerprint density at radius 1 is 1.03 bits per heavy atom. The predicted octanol–water partition coefficient (Wildman–Crippen LogP) is 3.66. The smallest absolute Gasteiger partial charge is 0.264 e. The molecule has 0 aliphatic heterocycles. The summed E-state index contributed by atoms with van der Waals surface area (Å²) in [5, 5.41) is 3.96. The zero-order chi connectivity index (χ0) is 23.1. The summed E-state index contributed by atoms with van der Waals surface area (Å²) in [5.41, 5.74) is 5.26. The van der Waals surface area contributed by atoms with Gasteiger partial charge in [0.05, 0.1) is 23.9 Å². The molecule has 0 aliphatic carbocycles. The fourth-order valence-electron chi connectivity index (χ4n) is 3.22. The normalized spacial score (nSPS) is 11.3. The Morgan fingerprint density at radius 2 is 1.72 bits per heavy atom. The van der Waals surface area contributed by atoms with Crippen molar-refractivity contribution in [2.75, 3.05) is 18.0 Å². The van der Waals surface area contributed by atoms with Crippen molar-refractivity contribution in [1.29, 1.82) is 0 Å². The second-order valence-corrected chi connectivity index (χ2v) is 9.01. The van der Waals surface area contributed by atoms with Crippen LogP contribution >= 0.6 is 0 Å². The molecule has 0 radical (unpaired) electrons. The van der Waals surface area contributed by atoms with Crippen molar-refractivity contribution in [3.63, 3.8) is 0 Å². The molecule has 0 aromatic heterocycles. The Hall–Kier alpha value is -3.65. The minimum atomic E-state index is -3.97. The molecular weight excluding hydrogens is 426 g/mol. The molecule has 0 aliphatic rings. The fraction of sp³-hybridized carbons (Fsp3) is 0.167. The first-order valence-corrected chi connectivity index (χ1v) is 11.4.